The van der Waals surface area contributed by atoms with Gasteiger partial charge in [0.05, 0.1) is 19.3 Å². The van der Waals surface area contributed by atoms with E-state index in [-0.39, 0.29) is 17.2 Å². The Kier molecular flexibility index (Phi) is 4.88. The van der Waals surface area contributed by atoms with Crippen LogP contribution < -0.4 is 25.4 Å². The van der Waals surface area contributed by atoms with Crippen LogP contribution in [0.3, 0.4) is 0 Å². The van der Waals surface area contributed by atoms with Crippen LogP contribution in [-0.2, 0) is 15.1 Å². The van der Waals surface area contributed by atoms with Crippen molar-refractivity contribution >= 4 is 28.0 Å². The van der Waals surface area contributed by atoms with E-state index < -0.39 is 10.4 Å². The second-order valence-corrected chi connectivity index (χ2v) is 4.80. The van der Waals surface area contributed by atoms with E-state index in [2.05, 4.69) is 9.27 Å². The Morgan fingerprint density at radius 3 is 2.50 bits per heavy atom. The average molecular weight is 309 g/mol. The zero-order valence-corrected chi connectivity index (χ0v) is 11.2. The molecule has 2 heterocycles. The molecule has 0 amide bonds. The van der Waals surface area contributed by atoms with Gasteiger partial charge < -0.3 is 26.6 Å². The third kappa shape index (κ3) is 3.80. The molecule has 0 radical (unpaired) electrons. The number of nitrogens with zero attached hydrogens (tertiary/aromatic N) is 3. The molecule has 0 saturated carbocycles. The molecule has 12 heteroatoms. The summed E-state index contributed by atoms with van der Waals surface area (Å²) in [5.41, 5.74) is 11.2. The maximum atomic E-state index is 10.6. The van der Waals surface area contributed by atoms with Crippen LogP contribution in [-0.4, -0.2) is 49.7 Å². The van der Waals surface area contributed by atoms with Gasteiger partial charge in [-0.25, -0.2) is 4.28 Å². The van der Waals surface area contributed by atoms with Crippen molar-refractivity contribution in [2.24, 2.45) is 0 Å². The van der Waals surface area contributed by atoms with Crippen molar-refractivity contribution in [3.8, 4) is 0 Å². The lowest BCUT2D eigenvalue weighted by Gasteiger charge is -2.26. The molecule has 0 spiro atoms. The van der Waals surface area contributed by atoms with Crippen molar-refractivity contribution in [2.45, 2.75) is 0 Å². The minimum Gasteiger partial charge on any atom is -0.870 e. The molecule has 1 aromatic heterocycles. The van der Waals surface area contributed by atoms with Crippen molar-refractivity contribution in [2.75, 3.05) is 42.7 Å². The van der Waals surface area contributed by atoms with Crippen LogP contribution >= 0.6 is 0 Å². The number of morpholine rings is 1. The first-order valence-corrected chi connectivity index (χ1v) is 6.71. The molecule has 20 heavy (non-hydrogen) atoms. The van der Waals surface area contributed by atoms with Crippen molar-refractivity contribution < 1.29 is 32.2 Å². The fourth-order valence-corrected chi connectivity index (χ4v) is 2.00. The lowest BCUT2D eigenvalue weighted by atomic mass is 10.4. The lowest BCUT2D eigenvalue weighted by Crippen LogP contribution is -2.51. The van der Waals surface area contributed by atoms with Crippen LogP contribution in [0.2, 0.25) is 0 Å². The predicted molar refractivity (Wildman–Crippen MR) is 66.4 cm³/mol. The zero-order chi connectivity index (χ0) is 14.0. The van der Waals surface area contributed by atoms with E-state index in [4.69, 9.17) is 20.8 Å². The number of ether oxygens (including phenoxy) is 1. The van der Waals surface area contributed by atoms with Gasteiger partial charge in [0.25, 0.3) is 0 Å². The maximum Gasteiger partial charge on any atom is 0.474 e. The summed E-state index contributed by atoms with van der Waals surface area (Å²) in [7, 11) is -4.73. The summed E-state index contributed by atoms with van der Waals surface area (Å²) in [6.45, 7) is 2.35. The lowest BCUT2D eigenvalue weighted by molar-refractivity contribution is -0.835. The molecule has 0 unspecified atom stereocenters. The largest absolute Gasteiger partial charge is 0.870 e. The van der Waals surface area contributed by atoms with Crippen molar-refractivity contribution in [1.82, 2.24) is 4.98 Å². The summed E-state index contributed by atoms with van der Waals surface area (Å²) in [5.74, 6) is 0.0826. The van der Waals surface area contributed by atoms with Gasteiger partial charge in [-0.1, -0.05) is 4.98 Å². The third-order valence-corrected chi connectivity index (χ3v) is 2.79. The number of nitrogens with two attached hydrogens (primary N) is 2. The van der Waals surface area contributed by atoms with Crippen LogP contribution in [0.25, 0.3) is 0 Å². The molecule has 1 aromatic rings. The van der Waals surface area contributed by atoms with E-state index in [0.29, 0.717) is 36.9 Å². The Labute approximate surface area is 114 Å². The average Bonchev–Trinajstić information content (AvgIpc) is 2.33. The van der Waals surface area contributed by atoms with Crippen LogP contribution in [0.4, 0.5) is 17.6 Å². The number of hydrogen-bond donors (Lipinski definition) is 3. The highest BCUT2D eigenvalue weighted by Gasteiger charge is 2.23. The van der Waals surface area contributed by atoms with Gasteiger partial charge in [0, 0.05) is 13.1 Å². The summed E-state index contributed by atoms with van der Waals surface area (Å²) < 4.78 is 39.8. The quantitative estimate of drug-likeness (QED) is 0.397. The summed E-state index contributed by atoms with van der Waals surface area (Å²) in [4.78, 5) is 5.86. The molecule has 6 N–H and O–H groups in total. The first-order valence-electron chi connectivity index (χ1n) is 5.35. The topological polar surface area (TPSA) is 175 Å². The third-order valence-electron chi connectivity index (χ3n) is 2.45. The van der Waals surface area contributed by atoms with E-state index in [1.54, 1.807) is 0 Å². The van der Waals surface area contributed by atoms with E-state index in [9.17, 15) is 8.42 Å². The highest BCUT2D eigenvalue weighted by atomic mass is 32.3. The van der Waals surface area contributed by atoms with Crippen LogP contribution in [0.1, 0.15) is 0 Å². The van der Waals surface area contributed by atoms with E-state index in [0.717, 1.165) is 0 Å². The van der Waals surface area contributed by atoms with Gasteiger partial charge in [-0.15, -0.1) is 0 Å². The Morgan fingerprint density at radius 2 is 2.00 bits per heavy atom. The summed E-state index contributed by atoms with van der Waals surface area (Å²) in [6.07, 6.45) is 0. The fraction of sp³-hybridized carbons (Fsp3) is 0.500. The van der Waals surface area contributed by atoms with Crippen LogP contribution in [0.15, 0.2) is 6.07 Å². The normalized spacial score (nSPS) is 15.6. The van der Waals surface area contributed by atoms with Crippen LogP contribution in [0, 0.1) is 0 Å². The van der Waals surface area contributed by atoms with Gasteiger partial charge in [-0.3, -0.25) is 4.55 Å². The Balaban J connectivity index is 0.00000200. The summed E-state index contributed by atoms with van der Waals surface area (Å²) >= 11 is 0. The van der Waals surface area contributed by atoms with Gasteiger partial charge in [-0.05, 0) is 4.73 Å². The minimum absolute atomic E-state index is 0. The first-order chi connectivity index (χ1) is 8.87. The van der Waals surface area contributed by atoms with E-state index in [1.807, 2.05) is 4.90 Å². The molecule has 1 fully saturated rings. The molecule has 0 atom stereocenters. The molecule has 1 saturated heterocycles. The zero-order valence-electron chi connectivity index (χ0n) is 10.3. The second-order valence-electron chi connectivity index (χ2n) is 3.79. The molecule has 0 aliphatic carbocycles. The number of rotatable bonds is 3. The fourth-order valence-electron chi connectivity index (χ4n) is 1.65. The van der Waals surface area contributed by atoms with Crippen molar-refractivity contribution in [3.05, 3.63) is 6.07 Å². The Bertz CT molecular complexity index is 550. The first kappa shape index (κ1) is 16.2. The Hall–Kier alpha value is -1.89. The number of hydrogen-bond acceptors (Lipinski definition) is 9. The molecule has 1 aliphatic heterocycles. The van der Waals surface area contributed by atoms with Gasteiger partial charge in [0.2, 0.25) is 5.82 Å². The molecule has 2 rings (SSSR count). The SMILES string of the molecule is Nc1cc(N2CCOCC2)nc(N)[n+]1OS(=O)(=O)O.[OH-]. The number of anilines is 3. The minimum atomic E-state index is -4.73. The molecule has 114 valence electrons. The van der Waals surface area contributed by atoms with Gasteiger partial charge >= 0.3 is 16.3 Å². The van der Waals surface area contributed by atoms with Gasteiger partial charge in [0.1, 0.15) is 0 Å². The van der Waals surface area contributed by atoms with Crippen molar-refractivity contribution in [1.29, 1.82) is 0 Å². The van der Waals surface area contributed by atoms with Gasteiger partial charge in [0.15, 0.2) is 5.82 Å². The van der Waals surface area contributed by atoms with Crippen molar-refractivity contribution in [3.63, 3.8) is 0 Å². The van der Waals surface area contributed by atoms with Gasteiger partial charge in [-0.2, -0.15) is 8.42 Å². The molecule has 0 aromatic carbocycles. The highest BCUT2D eigenvalue weighted by Crippen LogP contribution is 2.15. The van der Waals surface area contributed by atoms with E-state index >= 15 is 0 Å². The molecule has 0 bridgehead atoms. The Morgan fingerprint density at radius 1 is 1.40 bits per heavy atom. The monoisotopic (exact) mass is 309 g/mol. The summed E-state index contributed by atoms with van der Waals surface area (Å²) in [5, 5.41) is 0. The second kappa shape index (κ2) is 6.04. The summed E-state index contributed by atoms with van der Waals surface area (Å²) in [6, 6.07) is 1.40. The molecular formula is C8H15N5O6S. The highest BCUT2D eigenvalue weighted by molar-refractivity contribution is 7.80. The maximum absolute atomic E-state index is 10.6. The molecule has 1 aliphatic rings. The van der Waals surface area contributed by atoms with Crippen LogP contribution in [0.5, 0.6) is 0 Å². The smallest absolute Gasteiger partial charge is 0.474 e. The number of aromatic nitrogens is 2. The predicted octanol–water partition coefficient (Wildman–Crippen LogP) is -2.58. The standard InChI is InChI=1S/C8H13N5O5S.H2O/c9-6-5-7(12-1-3-17-4-2-12)11-8(10)13(6)18-19(14,15)16;/h5H,1-4H2,(H4,9,10,11,14,15,16);1H2. The molecular weight excluding hydrogens is 294 g/mol. The van der Waals surface area contributed by atoms with E-state index in [1.165, 1.54) is 6.07 Å². The molecule has 11 nitrogen and oxygen atoms in total. The number of nitrogen functional groups attached to an aromatic ring is 2.